The molecule has 0 bridgehead atoms. The van der Waals surface area contributed by atoms with E-state index in [1.54, 1.807) is 6.07 Å². The molecule has 2 heterocycles. The summed E-state index contributed by atoms with van der Waals surface area (Å²) in [4.78, 5) is 14.9. The second kappa shape index (κ2) is 3.51. The van der Waals surface area contributed by atoms with Gasteiger partial charge in [0, 0.05) is 12.3 Å². The van der Waals surface area contributed by atoms with Gasteiger partial charge in [0.1, 0.15) is 0 Å². The maximum atomic E-state index is 10.9. The zero-order valence-electron chi connectivity index (χ0n) is 7.94. The molecule has 0 radical (unpaired) electrons. The Labute approximate surface area is 90.3 Å². The third-order valence-electron chi connectivity index (χ3n) is 2.12. The zero-order valence-corrected chi connectivity index (χ0v) is 8.69. The van der Waals surface area contributed by atoms with Gasteiger partial charge >= 0.3 is 5.97 Å². The summed E-state index contributed by atoms with van der Waals surface area (Å²) < 4.78 is 1.46. The average Bonchev–Trinajstić information content (AvgIpc) is 2.55. The van der Waals surface area contributed by atoms with Crippen molar-refractivity contribution >= 4 is 23.2 Å². The Morgan fingerprint density at radius 2 is 2.40 bits per heavy atom. The molecule has 0 aliphatic heterocycles. The van der Waals surface area contributed by atoms with E-state index in [2.05, 4.69) is 10.1 Å². The van der Waals surface area contributed by atoms with Crippen LogP contribution in [0, 0.1) is 0 Å². The molecule has 0 unspecified atom stereocenters. The van der Waals surface area contributed by atoms with Crippen molar-refractivity contribution in [2.45, 2.75) is 13.3 Å². The molecule has 0 fully saturated rings. The molecule has 2 aromatic heterocycles. The number of halogens is 1. The highest BCUT2D eigenvalue weighted by molar-refractivity contribution is 6.29. The molecular formula is C9H8ClN3O2. The van der Waals surface area contributed by atoms with Crippen molar-refractivity contribution in [2.75, 3.05) is 0 Å². The van der Waals surface area contributed by atoms with Gasteiger partial charge in [0.15, 0.2) is 10.8 Å². The second-order valence-corrected chi connectivity index (χ2v) is 3.40. The summed E-state index contributed by atoms with van der Waals surface area (Å²) in [6.45, 7) is 1.86. The molecule has 0 saturated heterocycles. The summed E-state index contributed by atoms with van der Waals surface area (Å²) in [5, 5.41) is 13.2. The number of carbonyl (C=O) groups is 1. The third kappa shape index (κ3) is 1.55. The quantitative estimate of drug-likeness (QED) is 0.844. The van der Waals surface area contributed by atoms with Gasteiger partial charge < -0.3 is 5.11 Å². The maximum absolute atomic E-state index is 10.9. The van der Waals surface area contributed by atoms with Crippen LogP contribution < -0.4 is 0 Å². The fraction of sp³-hybridized carbons (Fsp3) is 0.222. The van der Waals surface area contributed by atoms with E-state index in [0.717, 1.165) is 0 Å². The first-order valence-electron chi connectivity index (χ1n) is 4.40. The van der Waals surface area contributed by atoms with Crippen molar-refractivity contribution in [3.05, 3.63) is 28.7 Å². The van der Waals surface area contributed by atoms with E-state index < -0.39 is 5.97 Å². The van der Waals surface area contributed by atoms with E-state index in [0.29, 0.717) is 22.9 Å². The van der Waals surface area contributed by atoms with Crippen LogP contribution in [0.25, 0.3) is 5.65 Å². The first kappa shape index (κ1) is 9.92. The van der Waals surface area contributed by atoms with Crippen LogP contribution in [0.3, 0.4) is 0 Å². The van der Waals surface area contributed by atoms with E-state index in [9.17, 15) is 4.79 Å². The van der Waals surface area contributed by atoms with Crippen LogP contribution in [0.2, 0.25) is 5.15 Å². The number of hydrogen-bond donors (Lipinski definition) is 1. The summed E-state index contributed by atoms with van der Waals surface area (Å²) >= 11 is 5.72. The predicted molar refractivity (Wildman–Crippen MR) is 54.3 cm³/mol. The van der Waals surface area contributed by atoms with Crippen molar-refractivity contribution in [1.29, 1.82) is 0 Å². The van der Waals surface area contributed by atoms with Crippen LogP contribution in [0.15, 0.2) is 12.3 Å². The van der Waals surface area contributed by atoms with Crippen LogP contribution in [0.1, 0.15) is 23.0 Å². The lowest BCUT2D eigenvalue weighted by atomic mass is 10.2. The molecule has 1 N–H and O–H groups in total. The number of aromatic nitrogens is 3. The molecule has 0 saturated carbocycles. The Hall–Kier alpha value is -1.62. The lowest BCUT2D eigenvalue weighted by Gasteiger charge is -2.04. The number of aryl methyl sites for hydroxylation is 1. The SMILES string of the molecule is CCc1c(C(=O)O)cnc2cc(Cl)nn12. The van der Waals surface area contributed by atoms with Gasteiger partial charge in [-0.1, -0.05) is 18.5 Å². The molecule has 0 aliphatic rings. The van der Waals surface area contributed by atoms with Gasteiger partial charge in [-0.05, 0) is 6.42 Å². The normalized spacial score (nSPS) is 10.8. The highest BCUT2D eigenvalue weighted by Crippen LogP contribution is 2.15. The second-order valence-electron chi connectivity index (χ2n) is 3.01. The summed E-state index contributed by atoms with van der Waals surface area (Å²) in [5.41, 5.74) is 1.31. The van der Waals surface area contributed by atoms with E-state index in [-0.39, 0.29) is 5.56 Å². The standard InChI is InChI=1S/C9H8ClN3O2/c1-2-6-5(9(14)15)4-11-8-3-7(10)12-13(6)8/h3-4H,2H2,1H3,(H,14,15). The van der Waals surface area contributed by atoms with E-state index >= 15 is 0 Å². The Morgan fingerprint density at radius 3 is 3.00 bits per heavy atom. The number of carboxylic acids is 1. The molecule has 2 aromatic rings. The van der Waals surface area contributed by atoms with Crippen LogP contribution in [0.5, 0.6) is 0 Å². The van der Waals surface area contributed by atoms with Gasteiger partial charge in [0.25, 0.3) is 0 Å². The fourth-order valence-electron chi connectivity index (χ4n) is 1.47. The van der Waals surface area contributed by atoms with Gasteiger partial charge in [0.05, 0.1) is 11.3 Å². The van der Waals surface area contributed by atoms with Gasteiger partial charge in [-0.3, -0.25) is 0 Å². The molecule has 2 rings (SSSR count). The Balaban J connectivity index is 2.80. The van der Waals surface area contributed by atoms with E-state index in [1.165, 1.54) is 10.7 Å². The topological polar surface area (TPSA) is 67.5 Å². The molecule has 0 atom stereocenters. The molecule has 0 aliphatic carbocycles. The van der Waals surface area contributed by atoms with Gasteiger partial charge in [-0.15, -0.1) is 0 Å². The number of carboxylic acid groups (broad SMARTS) is 1. The number of nitrogens with zero attached hydrogens (tertiary/aromatic N) is 3. The Kier molecular flexibility index (Phi) is 2.32. The fourth-order valence-corrected chi connectivity index (χ4v) is 1.65. The van der Waals surface area contributed by atoms with Crippen molar-refractivity contribution in [3.8, 4) is 0 Å². The van der Waals surface area contributed by atoms with Crippen molar-refractivity contribution in [1.82, 2.24) is 14.6 Å². The Morgan fingerprint density at radius 1 is 1.67 bits per heavy atom. The van der Waals surface area contributed by atoms with Crippen LogP contribution in [-0.2, 0) is 6.42 Å². The molecule has 5 nitrogen and oxygen atoms in total. The minimum absolute atomic E-state index is 0.157. The van der Waals surface area contributed by atoms with Gasteiger partial charge in [-0.25, -0.2) is 14.3 Å². The monoisotopic (exact) mass is 225 g/mol. The summed E-state index contributed by atoms with van der Waals surface area (Å²) in [7, 11) is 0. The summed E-state index contributed by atoms with van der Waals surface area (Å²) in [5.74, 6) is -1.01. The van der Waals surface area contributed by atoms with Crippen LogP contribution in [0.4, 0.5) is 0 Å². The highest BCUT2D eigenvalue weighted by Gasteiger charge is 2.14. The minimum atomic E-state index is -1.01. The van der Waals surface area contributed by atoms with Gasteiger partial charge in [0.2, 0.25) is 0 Å². The lowest BCUT2D eigenvalue weighted by molar-refractivity contribution is 0.0694. The van der Waals surface area contributed by atoms with Gasteiger partial charge in [-0.2, -0.15) is 5.10 Å². The van der Waals surface area contributed by atoms with Crippen LogP contribution in [-0.4, -0.2) is 25.7 Å². The van der Waals surface area contributed by atoms with E-state index in [1.807, 2.05) is 6.92 Å². The number of aromatic carboxylic acids is 1. The number of fused-ring (bicyclic) bond motifs is 1. The largest absolute Gasteiger partial charge is 0.478 e. The molecule has 6 heteroatoms. The molecule has 15 heavy (non-hydrogen) atoms. The molecule has 0 spiro atoms. The number of hydrogen-bond acceptors (Lipinski definition) is 3. The van der Waals surface area contributed by atoms with Crippen LogP contribution >= 0.6 is 11.6 Å². The smallest absolute Gasteiger partial charge is 0.339 e. The first-order chi connectivity index (χ1) is 7.13. The zero-order chi connectivity index (χ0) is 11.0. The third-order valence-corrected chi connectivity index (χ3v) is 2.30. The van der Waals surface area contributed by atoms with Crippen molar-refractivity contribution < 1.29 is 9.90 Å². The maximum Gasteiger partial charge on any atom is 0.339 e. The van der Waals surface area contributed by atoms with Crippen molar-refractivity contribution in [3.63, 3.8) is 0 Å². The molecule has 78 valence electrons. The Bertz CT molecular complexity index is 535. The van der Waals surface area contributed by atoms with Crippen molar-refractivity contribution in [2.24, 2.45) is 0 Å². The first-order valence-corrected chi connectivity index (χ1v) is 4.77. The van der Waals surface area contributed by atoms with E-state index in [4.69, 9.17) is 16.7 Å². The minimum Gasteiger partial charge on any atom is -0.478 e. The summed E-state index contributed by atoms with van der Waals surface area (Å²) in [6.07, 6.45) is 1.88. The molecular weight excluding hydrogens is 218 g/mol. The summed E-state index contributed by atoms with van der Waals surface area (Å²) in [6, 6.07) is 1.59. The predicted octanol–water partition coefficient (Wildman–Crippen LogP) is 1.64. The lowest BCUT2D eigenvalue weighted by Crippen LogP contribution is -2.09. The number of rotatable bonds is 2. The average molecular weight is 226 g/mol. The molecule has 0 amide bonds. The highest BCUT2D eigenvalue weighted by atomic mass is 35.5. The molecule has 0 aromatic carbocycles.